The van der Waals surface area contributed by atoms with Gasteiger partial charge in [-0.25, -0.2) is 19.2 Å². The Labute approximate surface area is 201 Å². The molecule has 0 bridgehead atoms. The number of cyclic esters (lactones) is 1. The zero-order valence-corrected chi connectivity index (χ0v) is 18.8. The van der Waals surface area contributed by atoms with E-state index in [9.17, 15) is 19.2 Å². The summed E-state index contributed by atoms with van der Waals surface area (Å²) in [6.45, 7) is 0.892. The predicted molar refractivity (Wildman–Crippen MR) is 123 cm³/mol. The van der Waals surface area contributed by atoms with E-state index < -0.39 is 48.3 Å². The van der Waals surface area contributed by atoms with Crippen LogP contribution in [0.15, 0.2) is 91.0 Å². The molecule has 3 aromatic carbocycles. The number of benzene rings is 3. The smallest absolute Gasteiger partial charge is 0.355 e. The number of hydrogen-bond donors (Lipinski definition) is 0. The molecule has 8 heteroatoms. The Morgan fingerprint density at radius 2 is 1.20 bits per heavy atom. The fourth-order valence-corrected chi connectivity index (χ4v) is 3.60. The van der Waals surface area contributed by atoms with Gasteiger partial charge in [0.15, 0.2) is 12.2 Å². The Hall–Kier alpha value is -4.46. The van der Waals surface area contributed by atoms with Gasteiger partial charge in [-0.1, -0.05) is 54.6 Å². The summed E-state index contributed by atoms with van der Waals surface area (Å²) in [7, 11) is 0. The van der Waals surface area contributed by atoms with Crippen LogP contribution in [0.3, 0.4) is 0 Å². The third-order valence-corrected chi connectivity index (χ3v) is 5.49. The second-order valence-corrected chi connectivity index (χ2v) is 7.96. The molecule has 35 heavy (non-hydrogen) atoms. The Bertz CT molecular complexity index is 1210. The molecule has 1 fully saturated rings. The standard InChI is InChI=1S/C27H22O8/c1-27(35-25(30)20-15-9-4-10-16-20)22(34-24(29)19-13-7-3-8-14-19)21(33-26(27)31)17-32-23(28)18-11-5-2-6-12-18/h2-16,21-22H,17H2,1H3/t21-,22+,27-/m1/s1. The van der Waals surface area contributed by atoms with Gasteiger partial charge in [0, 0.05) is 0 Å². The maximum Gasteiger partial charge on any atom is 0.355 e. The van der Waals surface area contributed by atoms with Crippen LogP contribution in [0.5, 0.6) is 0 Å². The van der Waals surface area contributed by atoms with Gasteiger partial charge in [-0.3, -0.25) is 0 Å². The van der Waals surface area contributed by atoms with E-state index in [2.05, 4.69) is 0 Å². The average molecular weight is 474 g/mol. The van der Waals surface area contributed by atoms with Gasteiger partial charge >= 0.3 is 23.9 Å². The number of esters is 4. The van der Waals surface area contributed by atoms with E-state index in [1.165, 1.54) is 31.2 Å². The summed E-state index contributed by atoms with van der Waals surface area (Å²) in [4.78, 5) is 50.9. The Morgan fingerprint density at radius 3 is 1.71 bits per heavy atom. The van der Waals surface area contributed by atoms with Crippen LogP contribution in [0.4, 0.5) is 0 Å². The molecule has 0 spiro atoms. The molecular weight excluding hydrogens is 452 g/mol. The van der Waals surface area contributed by atoms with Gasteiger partial charge in [-0.05, 0) is 43.3 Å². The molecule has 1 saturated heterocycles. The number of carbonyl (C=O) groups is 4. The Balaban J connectivity index is 1.57. The number of rotatable bonds is 7. The van der Waals surface area contributed by atoms with Crippen molar-refractivity contribution >= 4 is 23.9 Å². The molecule has 0 unspecified atom stereocenters. The van der Waals surface area contributed by atoms with Crippen molar-refractivity contribution in [3.05, 3.63) is 108 Å². The summed E-state index contributed by atoms with van der Waals surface area (Å²) in [6, 6.07) is 24.4. The molecule has 1 aliphatic rings. The largest absolute Gasteiger partial charge is 0.458 e. The highest BCUT2D eigenvalue weighted by molar-refractivity contribution is 5.95. The highest BCUT2D eigenvalue weighted by Crippen LogP contribution is 2.34. The lowest BCUT2D eigenvalue weighted by Crippen LogP contribution is -2.50. The van der Waals surface area contributed by atoms with Crippen molar-refractivity contribution in [2.45, 2.75) is 24.7 Å². The summed E-state index contributed by atoms with van der Waals surface area (Å²) in [5.74, 6) is -3.12. The minimum atomic E-state index is -1.97. The monoisotopic (exact) mass is 474 g/mol. The molecule has 0 amide bonds. The van der Waals surface area contributed by atoms with Crippen LogP contribution in [0, 0.1) is 0 Å². The molecule has 4 rings (SSSR count). The SMILES string of the molecule is C[C@]1(OC(=O)c2ccccc2)C(=O)O[C@H](COC(=O)c2ccccc2)[C@@H]1OC(=O)c1ccccc1. The van der Waals surface area contributed by atoms with E-state index in [4.69, 9.17) is 18.9 Å². The maximum absolute atomic E-state index is 12.9. The van der Waals surface area contributed by atoms with E-state index in [1.807, 2.05) is 0 Å². The number of hydrogen-bond acceptors (Lipinski definition) is 8. The summed E-state index contributed by atoms with van der Waals surface area (Å²) in [5, 5.41) is 0. The summed E-state index contributed by atoms with van der Waals surface area (Å²) < 4.78 is 21.8. The molecule has 8 nitrogen and oxygen atoms in total. The zero-order chi connectivity index (χ0) is 24.8. The van der Waals surface area contributed by atoms with Gasteiger partial charge in [0.2, 0.25) is 5.60 Å². The van der Waals surface area contributed by atoms with Crippen LogP contribution >= 0.6 is 0 Å². The van der Waals surface area contributed by atoms with Crippen molar-refractivity contribution in [1.82, 2.24) is 0 Å². The second-order valence-electron chi connectivity index (χ2n) is 7.96. The first-order valence-electron chi connectivity index (χ1n) is 10.9. The lowest BCUT2D eigenvalue weighted by molar-refractivity contribution is -0.156. The van der Waals surface area contributed by atoms with Crippen molar-refractivity contribution in [1.29, 1.82) is 0 Å². The number of carbonyl (C=O) groups excluding carboxylic acids is 4. The number of ether oxygens (including phenoxy) is 4. The normalized spacial score (nSPS) is 21.0. The van der Waals surface area contributed by atoms with Gasteiger partial charge < -0.3 is 18.9 Å². The van der Waals surface area contributed by atoms with Gasteiger partial charge in [0.05, 0.1) is 16.7 Å². The van der Waals surface area contributed by atoms with Crippen molar-refractivity contribution in [2.75, 3.05) is 6.61 Å². The Morgan fingerprint density at radius 1 is 0.743 bits per heavy atom. The quantitative estimate of drug-likeness (QED) is 0.378. The minimum Gasteiger partial charge on any atom is -0.458 e. The van der Waals surface area contributed by atoms with Gasteiger partial charge in [-0.15, -0.1) is 0 Å². The molecule has 0 aromatic heterocycles. The minimum absolute atomic E-state index is 0.202. The zero-order valence-electron chi connectivity index (χ0n) is 18.8. The van der Waals surface area contributed by atoms with Crippen LogP contribution in [0.1, 0.15) is 38.0 Å². The van der Waals surface area contributed by atoms with Crippen molar-refractivity contribution in [3.63, 3.8) is 0 Å². The van der Waals surface area contributed by atoms with Gasteiger partial charge in [-0.2, -0.15) is 0 Å². The van der Waals surface area contributed by atoms with E-state index >= 15 is 0 Å². The van der Waals surface area contributed by atoms with Crippen LogP contribution in [0.2, 0.25) is 0 Å². The fraction of sp³-hybridized carbons (Fsp3) is 0.185. The highest BCUT2D eigenvalue weighted by atomic mass is 16.7. The molecule has 0 N–H and O–H groups in total. The van der Waals surface area contributed by atoms with Gasteiger partial charge in [0.25, 0.3) is 0 Å². The molecule has 0 aliphatic carbocycles. The summed E-state index contributed by atoms with van der Waals surface area (Å²) in [5.41, 5.74) is -1.24. The molecule has 178 valence electrons. The average Bonchev–Trinajstić information content (AvgIpc) is 3.12. The highest BCUT2D eigenvalue weighted by Gasteiger charge is 2.60. The lowest BCUT2D eigenvalue weighted by Gasteiger charge is -2.28. The lowest BCUT2D eigenvalue weighted by atomic mass is 9.97. The summed E-state index contributed by atoms with van der Waals surface area (Å²) in [6.07, 6.45) is -2.57. The van der Waals surface area contributed by atoms with Crippen LogP contribution in [-0.4, -0.2) is 48.3 Å². The molecule has 0 radical (unpaired) electrons. The van der Waals surface area contributed by atoms with E-state index in [1.54, 1.807) is 66.7 Å². The van der Waals surface area contributed by atoms with Crippen molar-refractivity contribution in [3.8, 4) is 0 Å². The van der Waals surface area contributed by atoms with E-state index in [0.717, 1.165) is 0 Å². The van der Waals surface area contributed by atoms with E-state index in [-0.39, 0.29) is 11.1 Å². The molecule has 1 aliphatic heterocycles. The summed E-state index contributed by atoms with van der Waals surface area (Å²) >= 11 is 0. The second kappa shape index (κ2) is 10.2. The third-order valence-electron chi connectivity index (χ3n) is 5.49. The van der Waals surface area contributed by atoms with Crippen LogP contribution < -0.4 is 0 Å². The van der Waals surface area contributed by atoms with Crippen LogP contribution in [-0.2, 0) is 23.7 Å². The topological polar surface area (TPSA) is 105 Å². The maximum atomic E-state index is 12.9. The van der Waals surface area contributed by atoms with Crippen molar-refractivity contribution in [2.24, 2.45) is 0 Å². The molecule has 0 saturated carbocycles. The molecule has 1 heterocycles. The predicted octanol–water partition coefficient (Wildman–Crippen LogP) is 3.61. The molecular formula is C27H22O8. The first-order valence-corrected chi connectivity index (χ1v) is 10.9. The molecule has 3 atom stereocenters. The van der Waals surface area contributed by atoms with Gasteiger partial charge in [0.1, 0.15) is 6.61 Å². The Kier molecular flexibility index (Phi) is 6.91. The van der Waals surface area contributed by atoms with E-state index in [0.29, 0.717) is 5.56 Å². The van der Waals surface area contributed by atoms with Crippen molar-refractivity contribution < 1.29 is 38.1 Å². The first kappa shape index (κ1) is 23.7. The third kappa shape index (κ3) is 5.22. The first-order chi connectivity index (χ1) is 16.9. The molecule has 3 aromatic rings. The van der Waals surface area contributed by atoms with Crippen LogP contribution in [0.25, 0.3) is 0 Å². The fourth-order valence-electron chi connectivity index (χ4n) is 3.60.